The molecule has 0 aliphatic carbocycles. The number of aromatic nitrogens is 1. The zero-order valence-electron chi connectivity index (χ0n) is 12.2. The Morgan fingerprint density at radius 3 is 2.95 bits per heavy atom. The molecule has 110 valence electrons. The molecule has 0 amide bonds. The van der Waals surface area contributed by atoms with E-state index in [1.807, 2.05) is 24.2 Å². The summed E-state index contributed by atoms with van der Waals surface area (Å²) >= 11 is 2.05. The number of nitrogens with two attached hydrogens (primary N) is 1. The second-order valence-electron chi connectivity index (χ2n) is 6.22. The lowest BCUT2D eigenvalue weighted by atomic mass is 9.77. The van der Waals surface area contributed by atoms with Gasteiger partial charge in [-0.05, 0) is 61.2 Å². The summed E-state index contributed by atoms with van der Waals surface area (Å²) in [5.74, 6) is 2.98. The van der Waals surface area contributed by atoms with Crippen LogP contribution in [0.15, 0.2) is 18.5 Å². The summed E-state index contributed by atoms with van der Waals surface area (Å²) in [6, 6.07) is 2.27. The van der Waals surface area contributed by atoms with Gasteiger partial charge in [0.2, 0.25) is 0 Å². The first kappa shape index (κ1) is 14.4. The largest absolute Gasteiger partial charge is 0.375 e. The van der Waals surface area contributed by atoms with Gasteiger partial charge >= 0.3 is 0 Å². The van der Waals surface area contributed by atoms with Gasteiger partial charge in [0, 0.05) is 25.0 Å². The van der Waals surface area contributed by atoms with Crippen molar-refractivity contribution >= 4 is 11.8 Å². The van der Waals surface area contributed by atoms with Crippen molar-refractivity contribution < 1.29 is 4.74 Å². The van der Waals surface area contributed by atoms with Crippen molar-refractivity contribution in [2.24, 2.45) is 11.7 Å². The van der Waals surface area contributed by atoms with E-state index in [1.165, 1.54) is 35.5 Å². The molecule has 2 aliphatic rings. The van der Waals surface area contributed by atoms with Crippen LogP contribution in [-0.2, 0) is 4.74 Å². The molecule has 3 rings (SSSR count). The highest BCUT2D eigenvalue weighted by atomic mass is 32.2. The number of aryl methyl sites for hydroxylation is 1. The van der Waals surface area contributed by atoms with Crippen molar-refractivity contribution in [1.82, 2.24) is 4.98 Å². The summed E-state index contributed by atoms with van der Waals surface area (Å²) < 4.78 is 6.16. The molecule has 1 aromatic rings. The molecule has 2 N–H and O–H groups in total. The Labute approximate surface area is 125 Å². The molecule has 2 atom stereocenters. The number of thioether (sulfide) groups is 1. The normalized spacial score (nSPS) is 27.4. The van der Waals surface area contributed by atoms with Gasteiger partial charge in [-0.2, -0.15) is 11.8 Å². The fourth-order valence-electron chi connectivity index (χ4n) is 3.50. The van der Waals surface area contributed by atoms with Gasteiger partial charge in [0.25, 0.3) is 0 Å². The summed E-state index contributed by atoms with van der Waals surface area (Å²) in [5.41, 5.74) is 9.01. The summed E-state index contributed by atoms with van der Waals surface area (Å²) in [5, 5.41) is 0. The number of rotatable bonds is 2. The molecular weight excluding hydrogens is 268 g/mol. The zero-order valence-corrected chi connectivity index (χ0v) is 13.0. The third-order valence-corrected chi connectivity index (χ3v) is 5.71. The second-order valence-corrected chi connectivity index (χ2v) is 7.44. The minimum Gasteiger partial charge on any atom is -0.375 e. The lowest BCUT2D eigenvalue weighted by Gasteiger charge is -2.44. The Bertz CT molecular complexity index is 454. The van der Waals surface area contributed by atoms with Crippen molar-refractivity contribution in [2.75, 3.05) is 18.1 Å². The van der Waals surface area contributed by atoms with Crippen LogP contribution in [-0.4, -0.2) is 28.7 Å². The average Bonchev–Trinajstić information content (AvgIpc) is 2.47. The molecule has 20 heavy (non-hydrogen) atoms. The van der Waals surface area contributed by atoms with Gasteiger partial charge < -0.3 is 10.5 Å². The van der Waals surface area contributed by atoms with Gasteiger partial charge in [-0.15, -0.1) is 0 Å². The molecule has 0 saturated carbocycles. The first-order chi connectivity index (χ1) is 9.69. The molecule has 2 saturated heterocycles. The van der Waals surface area contributed by atoms with E-state index >= 15 is 0 Å². The Kier molecular flexibility index (Phi) is 4.34. The maximum Gasteiger partial charge on any atom is 0.0701 e. The van der Waals surface area contributed by atoms with E-state index in [2.05, 4.69) is 18.0 Å². The average molecular weight is 292 g/mol. The third-order valence-electron chi connectivity index (χ3n) is 4.72. The summed E-state index contributed by atoms with van der Waals surface area (Å²) in [4.78, 5) is 4.29. The highest BCUT2D eigenvalue weighted by Crippen LogP contribution is 2.42. The molecule has 2 unspecified atom stereocenters. The highest BCUT2D eigenvalue weighted by molar-refractivity contribution is 7.99. The van der Waals surface area contributed by atoms with Gasteiger partial charge in [-0.3, -0.25) is 4.98 Å². The standard InChI is InChI=1S/C16H24N2OS/c1-12-8-14(11-18-10-12)15(17)13-2-5-19-16(9-13)3-6-20-7-4-16/h8,10-11,13,15H,2-7,9,17H2,1H3. The number of pyridine rings is 1. The minimum absolute atomic E-state index is 0.0951. The zero-order chi connectivity index (χ0) is 14.0. The first-order valence-corrected chi connectivity index (χ1v) is 8.73. The van der Waals surface area contributed by atoms with Crippen LogP contribution in [0.2, 0.25) is 0 Å². The van der Waals surface area contributed by atoms with Gasteiger partial charge in [-0.25, -0.2) is 0 Å². The van der Waals surface area contributed by atoms with E-state index in [9.17, 15) is 0 Å². The van der Waals surface area contributed by atoms with Gasteiger partial charge in [0.15, 0.2) is 0 Å². The first-order valence-electron chi connectivity index (χ1n) is 7.57. The Balaban J connectivity index is 1.73. The molecule has 1 spiro atoms. The maximum atomic E-state index is 6.53. The van der Waals surface area contributed by atoms with Crippen molar-refractivity contribution in [3.05, 3.63) is 29.6 Å². The van der Waals surface area contributed by atoms with Crippen LogP contribution >= 0.6 is 11.8 Å². The fraction of sp³-hybridized carbons (Fsp3) is 0.688. The lowest BCUT2D eigenvalue weighted by Crippen LogP contribution is -2.45. The molecule has 3 nitrogen and oxygen atoms in total. The Morgan fingerprint density at radius 1 is 1.40 bits per heavy atom. The Hall–Kier alpha value is -0.580. The van der Waals surface area contributed by atoms with E-state index < -0.39 is 0 Å². The molecule has 0 aromatic carbocycles. The predicted molar refractivity (Wildman–Crippen MR) is 83.9 cm³/mol. The van der Waals surface area contributed by atoms with E-state index in [0.29, 0.717) is 5.92 Å². The van der Waals surface area contributed by atoms with Crippen molar-refractivity contribution in [3.63, 3.8) is 0 Å². The molecule has 1 aromatic heterocycles. The third kappa shape index (κ3) is 3.02. The van der Waals surface area contributed by atoms with Crippen LogP contribution in [0, 0.1) is 12.8 Å². The molecule has 0 bridgehead atoms. The number of hydrogen-bond acceptors (Lipinski definition) is 4. The van der Waals surface area contributed by atoms with Crippen LogP contribution < -0.4 is 5.73 Å². The lowest BCUT2D eigenvalue weighted by molar-refractivity contribution is -0.105. The SMILES string of the molecule is Cc1cncc(C(N)C2CCOC3(CCSCC3)C2)c1. The quantitative estimate of drug-likeness (QED) is 0.910. The van der Waals surface area contributed by atoms with E-state index in [-0.39, 0.29) is 11.6 Å². The van der Waals surface area contributed by atoms with Crippen molar-refractivity contribution in [3.8, 4) is 0 Å². The van der Waals surface area contributed by atoms with E-state index in [1.54, 1.807) is 0 Å². The van der Waals surface area contributed by atoms with Gasteiger partial charge in [0.05, 0.1) is 5.60 Å². The monoisotopic (exact) mass is 292 g/mol. The molecule has 0 radical (unpaired) electrons. The van der Waals surface area contributed by atoms with Crippen LogP contribution in [0.4, 0.5) is 0 Å². The van der Waals surface area contributed by atoms with E-state index in [0.717, 1.165) is 19.4 Å². The Morgan fingerprint density at radius 2 is 2.20 bits per heavy atom. The fourth-order valence-corrected chi connectivity index (χ4v) is 4.73. The predicted octanol–water partition coefficient (Wildman–Crippen LogP) is 3.08. The molecule has 2 fully saturated rings. The van der Waals surface area contributed by atoms with Crippen molar-refractivity contribution in [1.29, 1.82) is 0 Å². The topological polar surface area (TPSA) is 48.1 Å². The van der Waals surface area contributed by atoms with Crippen molar-refractivity contribution in [2.45, 2.75) is 44.2 Å². The molecule has 2 aliphatic heterocycles. The second kappa shape index (κ2) is 6.04. The van der Waals surface area contributed by atoms with Crippen LogP contribution in [0.25, 0.3) is 0 Å². The minimum atomic E-state index is 0.0951. The number of nitrogens with zero attached hydrogens (tertiary/aromatic N) is 1. The van der Waals surface area contributed by atoms with Crippen LogP contribution in [0.5, 0.6) is 0 Å². The number of ether oxygens (including phenoxy) is 1. The van der Waals surface area contributed by atoms with E-state index in [4.69, 9.17) is 10.5 Å². The smallest absolute Gasteiger partial charge is 0.0701 e. The molecule has 4 heteroatoms. The summed E-state index contributed by atoms with van der Waals surface area (Å²) in [6.07, 6.45) is 8.38. The van der Waals surface area contributed by atoms with Crippen LogP contribution in [0.1, 0.15) is 42.9 Å². The summed E-state index contributed by atoms with van der Waals surface area (Å²) in [7, 11) is 0. The van der Waals surface area contributed by atoms with Gasteiger partial charge in [-0.1, -0.05) is 6.07 Å². The highest BCUT2D eigenvalue weighted by Gasteiger charge is 2.40. The molecular formula is C16H24N2OS. The summed E-state index contributed by atoms with van der Waals surface area (Å²) in [6.45, 7) is 2.94. The van der Waals surface area contributed by atoms with Crippen LogP contribution in [0.3, 0.4) is 0 Å². The maximum absolute atomic E-state index is 6.53. The van der Waals surface area contributed by atoms with Gasteiger partial charge in [0.1, 0.15) is 0 Å². The number of hydrogen-bond donors (Lipinski definition) is 1. The molecule has 3 heterocycles.